The van der Waals surface area contributed by atoms with Crippen molar-refractivity contribution >= 4 is 11.4 Å². The first-order valence-corrected chi connectivity index (χ1v) is 4.88. The van der Waals surface area contributed by atoms with Gasteiger partial charge in [0.2, 0.25) is 0 Å². The summed E-state index contributed by atoms with van der Waals surface area (Å²) in [5, 5.41) is 26.8. The molecule has 0 fully saturated rings. The first kappa shape index (κ1) is 12.0. The van der Waals surface area contributed by atoms with E-state index in [9.17, 15) is 0 Å². The van der Waals surface area contributed by atoms with E-state index in [0.717, 1.165) is 11.4 Å². The van der Waals surface area contributed by atoms with Gasteiger partial charge < -0.3 is 10.4 Å². The van der Waals surface area contributed by atoms with E-state index < -0.39 is 0 Å². The van der Waals surface area contributed by atoms with Crippen LogP contribution < -0.4 is 5.32 Å². The van der Waals surface area contributed by atoms with Crippen molar-refractivity contribution in [1.29, 1.82) is 10.8 Å². The normalized spacial score (nSPS) is 14.6. The summed E-state index contributed by atoms with van der Waals surface area (Å²) in [4.78, 5) is 0. The lowest BCUT2D eigenvalue weighted by Crippen LogP contribution is -2.18. The highest BCUT2D eigenvalue weighted by Crippen LogP contribution is 2.09. The molecule has 0 heterocycles. The minimum absolute atomic E-state index is 0.130. The van der Waals surface area contributed by atoms with Crippen LogP contribution >= 0.6 is 0 Å². The summed E-state index contributed by atoms with van der Waals surface area (Å²) < 4.78 is 0. The molecule has 1 rings (SSSR count). The second-order valence-electron chi connectivity index (χ2n) is 3.56. The van der Waals surface area contributed by atoms with Gasteiger partial charge in [0.1, 0.15) is 0 Å². The highest BCUT2D eigenvalue weighted by atomic mass is 16.3. The summed E-state index contributed by atoms with van der Waals surface area (Å²) in [6.45, 7) is 7.19. The molecule has 0 aromatic carbocycles. The zero-order chi connectivity index (χ0) is 12.1. The second-order valence-corrected chi connectivity index (χ2v) is 3.56. The van der Waals surface area contributed by atoms with Gasteiger partial charge in [-0.15, -0.1) is 0 Å². The minimum atomic E-state index is 0.130. The van der Waals surface area contributed by atoms with Gasteiger partial charge in [0.25, 0.3) is 0 Å². The average Bonchev–Trinajstić information content (AvgIpc) is 2.21. The Hall–Kier alpha value is -2.10. The van der Waals surface area contributed by atoms with Crippen molar-refractivity contribution in [2.45, 2.75) is 12.8 Å². The number of rotatable bonds is 5. The summed E-state index contributed by atoms with van der Waals surface area (Å²) in [6.07, 6.45) is 5.91. The van der Waals surface area contributed by atoms with Gasteiger partial charge in [-0.05, 0) is 24.6 Å². The number of nitrogens with one attached hydrogen (secondary N) is 3. The fraction of sp³-hybridized carbons (Fsp3) is 0.167. The molecule has 0 radical (unpaired) electrons. The van der Waals surface area contributed by atoms with Crippen molar-refractivity contribution in [3.8, 4) is 0 Å². The Morgan fingerprint density at radius 1 is 1.19 bits per heavy atom. The lowest BCUT2D eigenvalue weighted by molar-refractivity contribution is 0.390. The van der Waals surface area contributed by atoms with Crippen LogP contribution in [0.1, 0.15) is 12.8 Å². The zero-order valence-electron chi connectivity index (χ0n) is 9.01. The van der Waals surface area contributed by atoms with Crippen molar-refractivity contribution in [3.63, 3.8) is 0 Å². The van der Waals surface area contributed by atoms with Crippen LogP contribution in [0.3, 0.4) is 0 Å². The molecule has 0 saturated heterocycles. The largest absolute Gasteiger partial charge is 0.513 e. The Bertz CT molecular complexity index is 416. The van der Waals surface area contributed by atoms with Gasteiger partial charge in [0.05, 0.1) is 17.2 Å². The molecule has 1 aliphatic rings. The van der Waals surface area contributed by atoms with Crippen molar-refractivity contribution in [2.75, 3.05) is 0 Å². The summed E-state index contributed by atoms with van der Waals surface area (Å²) in [7, 11) is 0. The van der Waals surface area contributed by atoms with E-state index in [2.05, 4.69) is 18.5 Å². The molecule has 0 saturated carbocycles. The lowest BCUT2D eigenvalue weighted by atomic mass is 10.1. The van der Waals surface area contributed by atoms with E-state index >= 15 is 0 Å². The smallest absolute Gasteiger partial charge is 0.0854 e. The van der Waals surface area contributed by atoms with Crippen LogP contribution in [-0.2, 0) is 0 Å². The molecule has 4 nitrogen and oxygen atoms in total. The molecule has 0 aromatic rings. The van der Waals surface area contributed by atoms with E-state index in [4.69, 9.17) is 15.9 Å². The summed E-state index contributed by atoms with van der Waals surface area (Å²) in [6, 6.07) is 0. The maximum Gasteiger partial charge on any atom is 0.0854 e. The average molecular weight is 217 g/mol. The van der Waals surface area contributed by atoms with E-state index in [-0.39, 0.29) is 17.2 Å². The number of aliphatic hydroxyl groups is 1. The van der Waals surface area contributed by atoms with Crippen molar-refractivity contribution < 1.29 is 5.11 Å². The quantitative estimate of drug-likeness (QED) is 0.421. The topological polar surface area (TPSA) is 80.0 Å². The Morgan fingerprint density at radius 2 is 1.88 bits per heavy atom. The zero-order valence-corrected chi connectivity index (χ0v) is 9.01. The molecule has 0 atom stereocenters. The van der Waals surface area contributed by atoms with Crippen LogP contribution in [-0.4, -0.2) is 16.5 Å². The molecule has 0 amide bonds. The first-order valence-electron chi connectivity index (χ1n) is 4.88. The van der Waals surface area contributed by atoms with Crippen molar-refractivity contribution in [2.24, 2.45) is 0 Å². The fourth-order valence-corrected chi connectivity index (χ4v) is 1.18. The predicted molar refractivity (Wildman–Crippen MR) is 66.0 cm³/mol. The number of allylic oxidation sites excluding steroid dienone is 5. The Labute approximate surface area is 94.7 Å². The molecular formula is C12H15N3O. The maximum absolute atomic E-state index is 8.93. The third-order valence-corrected chi connectivity index (χ3v) is 2.06. The van der Waals surface area contributed by atoms with E-state index in [1.165, 1.54) is 0 Å². The maximum atomic E-state index is 8.93. The van der Waals surface area contributed by atoms with Crippen LogP contribution in [0, 0.1) is 10.8 Å². The van der Waals surface area contributed by atoms with Crippen LogP contribution in [0.2, 0.25) is 0 Å². The van der Waals surface area contributed by atoms with Crippen LogP contribution in [0.25, 0.3) is 0 Å². The number of hydrogen-bond donors (Lipinski definition) is 4. The number of hydrogen-bond acceptors (Lipinski definition) is 4. The summed E-state index contributed by atoms with van der Waals surface area (Å²) in [5.41, 5.74) is 1.84. The van der Waals surface area contributed by atoms with Crippen LogP contribution in [0.4, 0.5) is 0 Å². The summed E-state index contributed by atoms with van der Waals surface area (Å²) in [5.74, 6) is 0.130. The first-order chi connectivity index (χ1) is 7.49. The Kier molecular flexibility index (Phi) is 3.83. The SMILES string of the molecule is C=C(O)CCC(=C)NC1=CC(=N)C(=N)C=C1. The molecule has 1 aliphatic carbocycles. The Balaban J connectivity index is 2.50. The monoisotopic (exact) mass is 217 g/mol. The standard InChI is InChI=1S/C12H15N3O/c1-8(3-4-9(2)16)15-10-5-6-11(13)12(14)7-10/h5-7,13-16H,1-4H2. The fourth-order valence-electron chi connectivity index (χ4n) is 1.18. The molecule has 84 valence electrons. The molecular weight excluding hydrogens is 202 g/mol. The molecule has 0 aromatic heterocycles. The highest BCUT2D eigenvalue weighted by Gasteiger charge is 2.07. The molecule has 0 aliphatic heterocycles. The molecule has 0 unspecified atom stereocenters. The van der Waals surface area contributed by atoms with E-state index in [1.54, 1.807) is 18.2 Å². The van der Waals surface area contributed by atoms with E-state index in [0.29, 0.717) is 12.8 Å². The lowest BCUT2D eigenvalue weighted by Gasteiger charge is -2.13. The Morgan fingerprint density at radius 3 is 2.44 bits per heavy atom. The van der Waals surface area contributed by atoms with Gasteiger partial charge in [-0.3, -0.25) is 10.8 Å². The number of aliphatic hydroxyl groups excluding tert-OH is 1. The predicted octanol–water partition coefficient (Wildman–Crippen LogP) is 2.43. The summed E-state index contributed by atoms with van der Waals surface area (Å²) >= 11 is 0. The molecule has 0 bridgehead atoms. The van der Waals surface area contributed by atoms with Crippen molar-refractivity contribution in [3.05, 3.63) is 48.5 Å². The van der Waals surface area contributed by atoms with Crippen molar-refractivity contribution in [1.82, 2.24) is 5.32 Å². The minimum Gasteiger partial charge on any atom is -0.513 e. The van der Waals surface area contributed by atoms with Crippen LogP contribution in [0.5, 0.6) is 0 Å². The van der Waals surface area contributed by atoms with Gasteiger partial charge in [-0.1, -0.05) is 13.2 Å². The van der Waals surface area contributed by atoms with Gasteiger partial charge in [0, 0.05) is 17.8 Å². The van der Waals surface area contributed by atoms with Gasteiger partial charge in [0.15, 0.2) is 0 Å². The van der Waals surface area contributed by atoms with Crippen LogP contribution in [0.15, 0.2) is 48.5 Å². The second kappa shape index (κ2) is 5.11. The van der Waals surface area contributed by atoms with Gasteiger partial charge in [-0.2, -0.15) is 0 Å². The third kappa shape index (κ3) is 3.57. The highest BCUT2D eigenvalue weighted by molar-refractivity contribution is 6.49. The molecule has 4 heteroatoms. The molecule has 4 N–H and O–H groups in total. The van der Waals surface area contributed by atoms with Gasteiger partial charge in [-0.25, -0.2) is 0 Å². The third-order valence-electron chi connectivity index (χ3n) is 2.06. The van der Waals surface area contributed by atoms with Gasteiger partial charge >= 0.3 is 0 Å². The molecule has 16 heavy (non-hydrogen) atoms. The molecule has 0 spiro atoms. The van der Waals surface area contributed by atoms with E-state index in [1.807, 2.05) is 0 Å².